The Morgan fingerprint density at radius 1 is 1.12 bits per heavy atom. The number of benzene rings is 2. The van der Waals surface area contributed by atoms with Gasteiger partial charge in [0.2, 0.25) is 0 Å². The van der Waals surface area contributed by atoms with E-state index < -0.39 is 0 Å². The highest BCUT2D eigenvalue weighted by atomic mass is 31.0. The summed E-state index contributed by atoms with van der Waals surface area (Å²) in [4.78, 5) is 4.57. The quantitative estimate of drug-likeness (QED) is 0.660. The molecule has 0 saturated heterocycles. The number of hydrogen-bond acceptors (Lipinski definition) is 5. The lowest BCUT2D eigenvalue weighted by molar-refractivity contribution is 0.164. The van der Waals surface area contributed by atoms with Crippen LogP contribution in [0.5, 0.6) is 0 Å². The molecule has 0 fully saturated rings. The minimum Gasteiger partial charge on any atom is -0.378 e. The maximum Gasteiger partial charge on any atom is 0.173 e. The molecular formula is C19H23N6P. The van der Waals surface area contributed by atoms with E-state index in [-0.39, 0.29) is 6.04 Å². The monoisotopic (exact) mass is 366 g/mol. The fourth-order valence-corrected chi connectivity index (χ4v) is 3.78. The molecule has 1 aliphatic heterocycles. The van der Waals surface area contributed by atoms with Gasteiger partial charge in [-0.3, -0.25) is 4.90 Å². The molecule has 2 unspecified atom stereocenters. The minimum absolute atomic E-state index is 0.0628. The van der Waals surface area contributed by atoms with Crippen LogP contribution in [0.1, 0.15) is 23.0 Å². The van der Waals surface area contributed by atoms with Crippen LogP contribution < -0.4 is 10.2 Å². The van der Waals surface area contributed by atoms with Crippen molar-refractivity contribution in [2.75, 3.05) is 25.5 Å². The molecule has 4 rings (SSSR count). The fraction of sp³-hybridized carbons (Fsp3) is 0.316. The van der Waals surface area contributed by atoms with Crippen molar-refractivity contribution in [2.45, 2.75) is 19.1 Å². The maximum atomic E-state index is 4.32. The molecule has 0 aliphatic carbocycles. The first-order chi connectivity index (χ1) is 12.6. The maximum absolute atomic E-state index is 4.32. The van der Waals surface area contributed by atoms with E-state index in [2.05, 4.69) is 97.2 Å². The van der Waals surface area contributed by atoms with Gasteiger partial charge in [0.15, 0.2) is 5.82 Å². The number of aromatic nitrogens is 4. The zero-order valence-corrected chi connectivity index (χ0v) is 16.2. The van der Waals surface area contributed by atoms with Crippen molar-refractivity contribution in [2.24, 2.45) is 0 Å². The Kier molecular flexibility index (Phi) is 4.70. The Morgan fingerprint density at radius 2 is 1.92 bits per heavy atom. The van der Waals surface area contributed by atoms with E-state index in [0.29, 0.717) is 0 Å². The third-order valence-electron chi connectivity index (χ3n) is 4.83. The van der Waals surface area contributed by atoms with Gasteiger partial charge in [0.1, 0.15) is 0 Å². The van der Waals surface area contributed by atoms with Crippen molar-refractivity contribution in [1.29, 1.82) is 0 Å². The first-order valence-electron chi connectivity index (χ1n) is 8.73. The van der Waals surface area contributed by atoms with Gasteiger partial charge in [-0.1, -0.05) is 30.3 Å². The van der Waals surface area contributed by atoms with E-state index in [0.717, 1.165) is 25.5 Å². The Bertz CT molecular complexity index is 889. The minimum atomic E-state index is 0.0628. The Morgan fingerprint density at radius 3 is 2.65 bits per heavy atom. The zero-order valence-electron chi connectivity index (χ0n) is 15.1. The van der Waals surface area contributed by atoms with Crippen LogP contribution in [0.2, 0.25) is 0 Å². The predicted octanol–water partition coefficient (Wildman–Crippen LogP) is 1.84. The standard InChI is InChI=1S/C19H23N6P/c1-23(2)16-8-6-14(7-9-16)13-24-10-11-25-19(20-21-22-25)18(24)15-4-3-5-17(26)12-15/h3-9,12,18H,10-11,13,26H2,1-2H3. The number of anilines is 1. The molecule has 1 aliphatic rings. The summed E-state index contributed by atoms with van der Waals surface area (Å²) >= 11 is 0. The van der Waals surface area contributed by atoms with Crippen LogP contribution in [-0.2, 0) is 13.1 Å². The summed E-state index contributed by atoms with van der Waals surface area (Å²) in [6.07, 6.45) is 0. The van der Waals surface area contributed by atoms with E-state index in [9.17, 15) is 0 Å². The Balaban J connectivity index is 1.65. The average Bonchev–Trinajstić information content (AvgIpc) is 3.10. The van der Waals surface area contributed by atoms with Crippen LogP contribution in [0.25, 0.3) is 0 Å². The molecule has 0 bridgehead atoms. The second-order valence-corrected chi connectivity index (χ2v) is 7.53. The molecule has 2 aromatic carbocycles. The SMILES string of the molecule is CN(C)c1ccc(CN2CCn3nnnc3C2c2cccc(P)c2)cc1. The van der Waals surface area contributed by atoms with Gasteiger partial charge in [-0.2, -0.15) is 0 Å². The van der Waals surface area contributed by atoms with Crippen molar-refractivity contribution in [1.82, 2.24) is 25.1 Å². The third kappa shape index (κ3) is 3.35. The van der Waals surface area contributed by atoms with Crippen molar-refractivity contribution in [3.63, 3.8) is 0 Å². The molecule has 0 saturated carbocycles. The van der Waals surface area contributed by atoms with Crippen LogP contribution >= 0.6 is 9.24 Å². The second-order valence-electron chi connectivity index (χ2n) is 6.86. The molecule has 2 atom stereocenters. The number of rotatable bonds is 4. The van der Waals surface area contributed by atoms with E-state index >= 15 is 0 Å². The van der Waals surface area contributed by atoms with Gasteiger partial charge in [0.25, 0.3) is 0 Å². The van der Waals surface area contributed by atoms with E-state index in [4.69, 9.17) is 0 Å². The molecule has 26 heavy (non-hydrogen) atoms. The predicted molar refractivity (Wildman–Crippen MR) is 107 cm³/mol. The molecule has 0 spiro atoms. The van der Waals surface area contributed by atoms with Gasteiger partial charge >= 0.3 is 0 Å². The lowest BCUT2D eigenvalue weighted by Gasteiger charge is -2.35. The van der Waals surface area contributed by atoms with Crippen LogP contribution in [0.4, 0.5) is 5.69 Å². The number of nitrogens with zero attached hydrogens (tertiary/aromatic N) is 6. The van der Waals surface area contributed by atoms with Crippen molar-refractivity contribution in [3.05, 3.63) is 65.5 Å². The highest BCUT2D eigenvalue weighted by Crippen LogP contribution is 2.31. The second kappa shape index (κ2) is 7.14. The molecule has 1 aromatic heterocycles. The normalized spacial score (nSPS) is 17.1. The van der Waals surface area contributed by atoms with Gasteiger partial charge < -0.3 is 4.90 Å². The van der Waals surface area contributed by atoms with Gasteiger partial charge in [0.05, 0.1) is 12.6 Å². The largest absolute Gasteiger partial charge is 0.378 e. The van der Waals surface area contributed by atoms with E-state index in [1.165, 1.54) is 22.1 Å². The molecule has 134 valence electrons. The molecule has 3 aromatic rings. The van der Waals surface area contributed by atoms with Gasteiger partial charge in [0, 0.05) is 32.9 Å². The van der Waals surface area contributed by atoms with Crippen LogP contribution in [0.15, 0.2) is 48.5 Å². The molecular weight excluding hydrogens is 343 g/mol. The van der Waals surface area contributed by atoms with Crippen LogP contribution in [0.3, 0.4) is 0 Å². The molecule has 2 heterocycles. The molecule has 0 amide bonds. The van der Waals surface area contributed by atoms with Crippen molar-refractivity contribution in [3.8, 4) is 0 Å². The lowest BCUT2D eigenvalue weighted by Crippen LogP contribution is -2.39. The zero-order chi connectivity index (χ0) is 18.1. The van der Waals surface area contributed by atoms with Crippen LogP contribution in [0, 0.1) is 0 Å². The summed E-state index contributed by atoms with van der Waals surface area (Å²) in [6, 6.07) is 17.3. The summed E-state index contributed by atoms with van der Waals surface area (Å²) in [7, 11) is 6.90. The molecule has 0 N–H and O–H groups in total. The average molecular weight is 366 g/mol. The number of tetrazole rings is 1. The van der Waals surface area contributed by atoms with Crippen LogP contribution in [-0.4, -0.2) is 45.7 Å². The van der Waals surface area contributed by atoms with Gasteiger partial charge in [-0.15, -0.1) is 14.3 Å². The van der Waals surface area contributed by atoms with E-state index in [1.54, 1.807) is 0 Å². The smallest absolute Gasteiger partial charge is 0.173 e. The molecule has 0 radical (unpaired) electrons. The summed E-state index contributed by atoms with van der Waals surface area (Å²) in [5.41, 5.74) is 3.73. The Hall–Kier alpha value is -2.30. The summed E-state index contributed by atoms with van der Waals surface area (Å²) in [5, 5.41) is 13.5. The van der Waals surface area contributed by atoms with Crippen molar-refractivity contribution >= 4 is 20.2 Å². The third-order valence-corrected chi connectivity index (χ3v) is 5.19. The fourth-order valence-electron chi connectivity index (χ4n) is 3.48. The number of hydrogen-bond donors (Lipinski definition) is 0. The summed E-state index contributed by atoms with van der Waals surface area (Å²) < 4.78 is 1.92. The molecule has 6 nitrogen and oxygen atoms in total. The summed E-state index contributed by atoms with van der Waals surface area (Å²) in [5.74, 6) is 0.914. The highest BCUT2D eigenvalue weighted by molar-refractivity contribution is 7.27. The molecule has 7 heteroatoms. The van der Waals surface area contributed by atoms with E-state index in [1.807, 2.05) is 4.68 Å². The van der Waals surface area contributed by atoms with Gasteiger partial charge in [-0.05, 0) is 45.1 Å². The van der Waals surface area contributed by atoms with Crippen molar-refractivity contribution < 1.29 is 0 Å². The summed E-state index contributed by atoms with van der Waals surface area (Å²) in [6.45, 7) is 2.60. The highest BCUT2D eigenvalue weighted by Gasteiger charge is 2.31. The first-order valence-corrected chi connectivity index (χ1v) is 9.31. The first kappa shape index (κ1) is 17.1. The topological polar surface area (TPSA) is 50.1 Å². The van der Waals surface area contributed by atoms with Gasteiger partial charge in [-0.25, -0.2) is 4.68 Å². The lowest BCUT2D eigenvalue weighted by atomic mass is 10.0. The Labute approximate surface area is 156 Å². The number of fused-ring (bicyclic) bond motifs is 1.